The van der Waals surface area contributed by atoms with E-state index in [4.69, 9.17) is 40.2 Å². The summed E-state index contributed by atoms with van der Waals surface area (Å²) in [5, 5.41) is 7.74. The summed E-state index contributed by atoms with van der Waals surface area (Å²) in [6.45, 7) is 5.28. The Morgan fingerprint density at radius 3 is 2.80 bits per heavy atom. The molecule has 2 rings (SSSR count). The average Bonchev–Trinajstić information content (AvgIpc) is 2.45. The van der Waals surface area contributed by atoms with E-state index in [2.05, 4.69) is 15.5 Å². The number of nitrogens with zero attached hydrogens (tertiary/aromatic N) is 1. The summed E-state index contributed by atoms with van der Waals surface area (Å²) >= 11 is 17.3. The quantitative estimate of drug-likeness (QED) is 0.828. The van der Waals surface area contributed by atoms with Crippen molar-refractivity contribution in [2.45, 2.75) is 0 Å². The van der Waals surface area contributed by atoms with Crippen LogP contribution in [0.25, 0.3) is 0 Å². The number of anilines is 1. The predicted octanol–water partition coefficient (Wildman–Crippen LogP) is 2.61. The third-order valence-corrected chi connectivity index (χ3v) is 4.08. The van der Waals surface area contributed by atoms with Crippen molar-refractivity contribution in [3.05, 3.63) is 28.2 Å². The van der Waals surface area contributed by atoms with Gasteiger partial charge in [0.05, 0.1) is 28.9 Å². The Kier molecular flexibility index (Phi) is 6.32. The molecule has 1 aliphatic rings. The lowest BCUT2D eigenvalue weighted by atomic mass is 10.3. The molecular weight excluding hydrogens is 317 g/mol. The second kappa shape index (κ2) is 8.00. The number of ether oxygens (including phenoxy) is 1. The number of benzene rings is 1. The van der Waals surface area contributed by atoms with Crippen molar-refractivity contribution >= 4 is 46.2 Å². The van der Waals surface area contributed by atoms with E-state index in [1.807, 2.05) is 12.1 Å². The van der Waals surface area contributed by atoms with Gasteiger partial charge >= 0.3 is 0 Å². The molecule has 0 aliphatic carbocycles. The topological polar surface area (TPSA) is 36.5 Å². The zero-order valence-electron chi connectivity index (χ0n) is 11.0. The number of morpholine rings is 1. The fourth-order valence-corrected chi connectivity index (χ4v) is 2.48. The molecule has 0 radical (unpaired) electrons. The highest BCUT2D eigenvalue weighted by molar-refractivity contribution is 7.80. The van der Waals surface area contributed by atoms with E-state index in [1.54, 1.807) is 6.07 Å². The Balaban J connectivity index is 1.73. The third kappa shape index (κ3) is 4.75. The van der Waals surface area contributed by atoms with Crippen LogP contribution in [0.1, 0.15) is 0 Å². The van der Waals surface area contributed by atoms with E-state index < -0.39 is 0 Å². The molecule has 2 N–H and O–H groups in total. The Morgan fingerprint density at radius 1 is 1.30 bits per heavy atom. The van der Waals surface area contributed by atoms with Crippen molar-refractivity contribution in [2.24, 2.45) is 0 Å². The summed E-state index contributed by atoms with van der Waals surface area (Å²) in [6.07, 6.45) is 0. The van der Waals surface area contributed by atoms with Crippen molar-refractivity contribution in [2.75, 3.05) is 44.7 Å². The Morgan fingerprint density at radius 2 is 2.05 bits per heavy atom. The van der Waals surface area contributed by atoms with E-state index in [-0.39, 0.29) is 0 Å². The van der Waals surface area contributed by atoms with E-state index in [9.17, 15) is 0 Å². The predicted molar refractivity (Wildman–Crippen MR) is 87.9 cm³/mol. The van der Waals surface area contributed by atoms with Crippen LogP contribution in [0.3, 0.4) is 0 Å². The Bertz CT molecular complexity index is 467. The van der Waals surface area contributed by atoms with Crippen LogP contribution >= 0.6 is 35.4 Å². The first kappa shape index (κ1) is 15.8. The second-order valence-corrected chi connectivity index (χ2v) is 5.63. The second-order valence-electron chi connectivity index (χ2n) is 4.44. The molecule has 0 bridgehead atoms. The normalized spacial score (nSPS) is 15.9. The first-order valence-corrected chi connectivity index (χ1v) is 7.62. The van der Waals surface area contributed by atoms with Gasteiger partial charge in [-0.25, -0.2) is 0 Å². The van der Waals surface area contributed by atoms with Crippen molar-refractivity contribution in [3.63, 3.8) is 0 Å². The number of hydrogen-bond acceptors (Lipinski definition) is 3. The molecule has 20 heavy (non-hydrogen) atoms. The van der Waals surface area contributed by atoms with Crippen molar-refractivity contribution in [3.8, 4) is 0 Å². The highest BCUT2D eigenvalue weighted by atomic mass is 35.5. The van der Waals surface area contributed by atoms with Crippen molar-refractivity contribution in [1.82, 2.24) is 10.2 Å². The summed E-state index contributed by atoms with van der Waals surface area (Å²) in [7, 11) is 0. The first-order chi connectivity index (χ1) is 9.66. The minimum Gasteiger partial charge on any atom is -0.379 e. The SMILES string of the molecule is S=C(NCCN1CCOCC1)Nc1cccc(Cl)c1Cl. The van der Waals surface area contributed by atoms with Crippen LogP contribution in [0.5, 0.6) is 0 Å². The first-order valence-electron chi connectivity index (χ1n) is 6.46. The van der Waals surface area contributed by atoms with Gasteiger partial charge in [0.25, 0.3) is 0 Å². The molecule has 0 spiro atoms. The molecule has 1 heterocycles. The van der Waals surface area contributed by atoms with Gasteiger partial charge in [0, 0.05) is 26.2 Å². The van der Waals surface area contributed by atoms with E-state index in [0.29, 0.717) is 20.8 Å². The van der Waals surface area contributed by atoms with Crippen LogP contribution in [-0.2, 0) is 4.74 Å². The molecule has 0 unspecified atom stereocenters. The standard InChI is InChI=1S/C13H17Cl2N3OS/c14-10-2-1-3-11(12(10)15)17-13(20)16-4-5-18-6-8-19-9-7-18/h1-3H,4-9H2,(H2,16,17,20). The molecule has 4 nitrogen and oxygen atoms in total. The number of halogens is 2. The highest BCUT2D eigenvalue weighted by Gasteiger charge is 2.10. The maximum absolute atomic E-state index is 6.09. The van der Waals surface area contributed by atoms with Gasteiger partial charge in [-0.3, -0.25) is 4.90 Å². The summed E-state index contributed by atoms with van der Waals surface area (Å²) < 4.78 is 5.30. The Labute approximate surface area is 134 Å². The molecule has 0 saturated carbocycles. The smallest absolute Gasteiger partial charge is 0.170 e. The fraction of sp³-hybridized carbons (Fsp3) is 0.462. The summed E-state index contributed by atoms with van der Waals surface area (Å²) in [6, 6.07) is 5.40. The van der Waals surface area contributed by atoms with E-state index in [0.717, 1.165) is 39.4 Å². The minimum atomic E-state index is 0.478. The molecule has 7 heteroatoms. The lowest BCUT2D eigenvalue weighted by Crippen LogP contribution is -2.42. The summed E-state index contributed by atoms with van der Waals surface area (Å²) in [4.78, 5) is 2.34. The van der Waals surface area contributed by atoms with Gasteiger partial charge in [0.1, 0.15) is 0 Å². The Hall–Kier alpha value is -0.590. The number of thiocarbonyl (C=S) groups is 1. The molecule has 0 aromatic heterocycles. The lowest BCUT2D eigenvalue weighted by Gasteiger charge is -2.26. The van der Waals surface area contributed by atoms with Crippen LogP contribution < -0.4 is 10.6 Å². The van der Waals surface area contributed by atoms with Gasteiger partial charge in [0.2, 0.25) is 0 Å². The maximum Gasteiger partial charge on any atom is 0.170 e. The van der Waals surface area contributed by atoms with Gasteiger partial charge in [-0.05, 0) is 24.4 Å². The maximum atomic E-state index is 6.09. The molecule has 1 saturated heterocycles. The molecule has 0 amide bonds. The molecule has 1 aromatic rings. The minimum absolute atomic E-state index is 0.478. The van der Waals surface area contributed by atoms with Crippen molar-refractivity contribution in [1.29, 1.82) is 0 Å². The van der Waals surface area contributed by atoms with Gasteiger partial charge in [-0.1, -0.05) is 29.3 Å². The molecular formula is C13H17Cl2N3OS. The van der Waals surface area contributed by atoms with Crippen LogP contribution in [0.15, 0.2) is 18.2 Å². The van der Waals surface area contributed by atoms with Crippen LogP contribution in [0.2, 0.25) is 10.0 Å². The van der Waals surface area contributed by atoms with Gasteiger partial charge in [0.15, 0.2) is 5.11 Å². The fourth-order valence-electron chi connectivity index (χ4n) is 1.92. The van der Waals surface area contributed by atoms with Crippen LogP contribution in [0.4, 0.5) is 5.69 Å². The van der Waals surface area contributed by atoms with Crippen LogP contribution in [-0.4, -0.2) is 49.4 Å². The molecule has 110 valence electrons. The van der Waals surface area contributed by atoms with Crippen LogP contribution in [0, 0.1) is 0 Å². The number of nitrogens with one attached hydrogen (secondary N) is 2. The number of hydrogen-bond donors (Lipinski definition) is 2. The average molecular weight is 334 g/mol. The van der Waals surface area contributed by atoms with Crippen molar-refractivity contribution < 1.29 is 4.74 Å². The van der Waals surface area contributed by atoms with E-state index >= 15 is 0 Å². The molecule has 1 fully saturated rings. The molecule has 0 atom stereocenters. The largest absolute Gasteiger partial charge is 0.379 e. The van der Waals surface area contributed by atoms with Gasteiger partial charge in [-0.2, -0.15) is 0 Å². The molecule has 1 aliphatic heterocycles. The highest BCUT2D eigenvalue weighted by Crippen LogP contribution is 2.29. The zero-order chi connectivity index (χ0) is 14.4. The summed E-state index contributed by atoms with van der Waals surface area (Å²) in [5.74, 6) is 0. The molecule has 1 aromatic carbocycles. The third-order valence-electron chi connectivity index (χ3n) is 3.02. The number of rotatable bonds is 4. The zero-order valence-corrected chi connectivity index (χ0v) is 13.3. The van der Waals surface area contributed by atoms with Gasteiger partial charge < -0.3 is 15.4 Å². The van der Waals surface area contributed by atoms with E-state index in [1.165, 1.54) is 0 Å². The lowest BCUT2D eigenvalue weighted by molar-refractivity contribution is 0.0389. The summed E-state index contributed by atoms with van der Waals surface area (Å²) in [5.41, 5.74) is 0.711. The van der Waals surface area contributed by atoms with Gasteiger partial charge in [-0.15, -0.1) is 0 Å². The monoisotopic (exact) mass is 333 g/mol.